The Kier molecular flexibility index (Phi) is 10.0. The molecule has 1 rings (SSSR count). The lowest BCUT2D eigenvalue weighted by Gasteiger charge is -2.03. The van der Waals surface area contributed by atoms with Gasteiger partial charge in [0.1, 0.15) is 3.14 Å². The number of esters is 1. The van der Waals surface area contributed by atoms with E-state index in [4.69, 9.17) is 17.0 Å². The van der Waals surface area contributed by atoms with Crippen LogP contribution >= 0.6 is 74.3 Å². The molecule has 0 fully saturated rings. The smallest absolute Gasteiger partial charge is 0.302 e. The molecule has 0 saturated carbocycles. The molecule has 0 bridgehead atoms. The Morgan fingerprint density at radius 3 is 2.37 bits per heavy atom. The highest BCUT2D eigenvalue weighted by atomic mass is 79.9. The van der Waals surface area contributed by atoms with E-state index in [1.807, 2.05) is 23.5 Å². The Bertz CT molecular complexity index is 443. The van der Waals surface area contributed by atoms with Crippen molar-refractivity contribution in [2.75, 3.05) is 23.4 Å². The standard InChI is InChI=1S/C11H15BrO2S5/c1-8(13)14-5-3-7-17-10-9(16-6-2-4-12)18-11(15)19-10/h2-7H2,1H3. The molecular weight excluding hydrogens is 404 g/mol. The fraction of sp³-hybridized carbons (Fsp3) is 0.636. The number of alkyl halides is 1. The molecule has 0 N–H and O–H groups in total. The van der Waals surface area contributed by atoms with E-state index in [1.54, 1.807) is 22.7 Å². The maximum absolute atomic E-state index is 10.6. The van der Waals surface area contributed by atoms with Crippen molar-refractivity contribution in [1.29, 1.82) is 0 Å². The zero-order valence-corrected chi connectivity index (χ0v) is 16.1. The van der Waals surface area contributed by atoms with E-state index in [-0.39, 0.29) is 5.97 Å². The largest absolute Gasteiger partial charge is 0.466 e. The summed E-state index contributed by atoms with van der Waals surface area (Å²) in [5.41, 5.74) is 0. The van der Waals surface area contributed by atoms with Gasteiger partial charge in [0.15, 0.2) is 0 Å². The number of carbonyl (C=O) groups excluding carboxylic acids is 1. The van der Waals surface area contributed by atoms with E-state index in [9.17, 15) is 4.79 Å². The lowest BCUT2D eigenvalue weighted by Crippen LogP contribution is -2.00. The van der Waals surface area contributed by atoms with Crippen molar-refractivity contribution < 1.29 is 9.53 Å². The molecule has 1 aromatic heterocycles. The summed E-state index contributed by atoms with van der Waals surface area (Å²) in [6, 6.07) is 0. The summed E-state index contributed by atoms with van der Waals surface area (Å²) >= 11 is 15.8. The monoisotopic (exact) mass is 418 g/mol. The summed E-state index contributed by atoms with van der Waals surface area (Å²) in [6.07, 6.45) is 2.04. The molecule has 0 atom stereocenters. The van der Waals surface area contributed by atoms with Crippen molar-refractivity contribution in [2.45, 2.75) is 28.2 Å². The predicted molar refractivity (Wildman–Crippen MR) is 94.1 cm³/mol. The van der Waals surface area contributed by atoms with Crippen molar-refractivity contribution >= 4 is 80.3 Å². The molecule has 0 saturated heterocycles. The summed E-state index contributed by atoms with van der Waals surface area (Å²) in [4.78, 5) is 10.6. The van der Waals surface area contributed by atoms with Gasteiger partial charge >= 0.3 is 5.97 Å². The van der Waals surface area contributed by atoms with Crippen molar-refractivity contribution in [3.63, 3.8) is 0 Å². The van der Waals surface area contributed by atoms with E-state index < -0.39 is 0 Å². The Hall–Kier alpha value is 0.920. The van der Waals surface area contributed by atoms with Crippen LogP contribution < -0.4 is 0 Å². The zero-order chi connectivity index (χ0) is 14.1. The molecule has 0 aliphatic carbocycles. The van der Waals surface area contributed by atoms with Gasteiger partial charge in [-0.3, -0.25) is 4.79 Å². The van der Waals surface area contributed by atoms with Gasteiger partial charge in [-0.1, -0.05) is 28.1 Å². The lowest BCUT2D eigenvalue weighted by atomic mass is 10.5. The highest BCUT2D eigenvalue weighted by Crippen LogP contribution is 2.41. The average Bonchev–Trinajstić information content (AvgIpc) is 2.69. The van der Waals surface area contributed by atoms with Gasteiger partial charge in [0.05, 0.1) is 15.0 Å². The Morgan fingerprint density at radius 1 is 1.26 bits per heavy atom. The third kappa shape index (κ3) is 8.06. The first-order chi connectivity index (χ1) is 9.13. The number of hydrogen-bond acceptors (Lipinski definition) is 7. The molecule has 0 aliphatic rings. The molecule has 2 nitrogen and oxygen atoms in total. The topological polar surface area (TPSA) is 26.3 Å². The van der Waals surface area contributed by atoms with Crippen LogP contribution in [0.1, 0.15) is 19.8 Å². The molecule has 0 spiro atoms. The van der Waals surface area contributed by atoms with Gasteiger partial charge in [0.25, 0.3) is 0 Å². The molecule has 0 aliphatic heterocycles. The van der Waals surface area contributed by atoms with Crippen LogP contribution in [0, 0.1) is 3.14 Å². The first kappa shape index (κ1) is 18.0. The van der Waals surface area contributed by atoms with Gasteiger partial charge in [-0.15, -0.1) is 46.2 Å². The van der Waals surface area contributed by atoms with Crippen LogP contribution in [-0.2, 0) is 9.53 Å². The minimum absolute atomic E-state index is 0.206. The minimum Gasteiger partial charge on any atom is -0.466 e. The van der Waals surface area contributed by atoms with Gasteiger partial charge < -0.3 is 4.74 Å². The van der Waals surface area contributed by atoms with Gasteiger partial charge in [-0.05, 0) is 18.6 Å². The summed E-state index contributed by atoms with van der Waals surface area (Å²) in [5.74, 6) is 1.87. The normalized spacial score (nSPS) is 10.6. The highest BCUT2D eigenvalue weighted by molar-refractivity contribution is 9.09. The van der Waals surface area contributed by atoms with Crippen LogP contribution in [0.2, 0.25) is 0 Å². The van der Waals surface area contributed by atoms with Gasteiger partial charge in [-0.2, -0.15) is 0 Å². The number of halogens is 1. The fourth-order valence-corrected chi connectivity index (χ4v) is 7.85. The van der Waals surface area contributed by atoms with Crippen LogP contribution in [0.5, 0.6) is 0 Å². The molecule has 19 heavy (non-hydrogen) atoms. The molecular formula is C11H15BrO2S5. The average molecular weight is 419 g/mol. The van der Waals surface area contributed by atoms with E-state index >= 15 is 0 Å². The molecule has 0 radical (unpaired) electrons. The molecule has 1 aromatic rings. The number of carbonyl (C=O) groups is 1. The molecule has 0 aromatic carbocycles. The van der Waals surface area contributed by atoms with Crippen molar-refractivity contribution in [2.24, 2.45) is 0 Å². The van der Waals surface area contributed by atoms with Gasteiger partial charge in [0.2, 0.25) is 0 Å². The van der Waals surface area contributed by atoms with Gasteiger partial charge in [0, 0.05) is 18.0 Å². The Balaban J connectivity index is 2.35. The second kappa shape index (κ2) is 10.6. The number of hydrogen-bond donors (Lipinski definition) is 0. The fourth-order valence-electron chi connectivity index (χ4n) is 1.09. The van der Waals surface area contributed by atoms with Crippen LogP contribution in [0.15, 0.2) is 8.42 Å². The van der Waals surface area contributed by atoms with Crippen molar-refractivity contribution in [3.8, 4) is 0 Å². The Morgan fingerprint density at radius 2 is 1.84 bits per heavy atom. The predicted octanol–water partition coefficient (Wildman–Crippen LogP) is 5.46. The summed E-state index contributed by atoms with van der Waals surface area (Å²) < 4.78 is 8.57. The van der Waals surface area contributed by atoms with Crippen LogP contribution in [0.25, 0.3) is 0 Å². The van der Waals surface area contributed by atoms with Crippen LogP contribution in [0.3, 0.4) is 0 Å². The number of rotatable bonds is 9. The molecule has 8 heteroatoms. The second-order valence-corrected chi connectivity index (χ2v) is 10.2. The molecule has 108 valence electrons. The highest BCUT2D eigenvalue weighted by Gasteiger charge is 2.08. The number of thioether (sulfide) groups is 2. The third-order valence-electron chi connectivity index (χ3n) is 1.86. The summed E-state index contributed by atoms with van der Waals surface area (Å²) in [7, 11) is 0. The van der Waals surface area contributed by atoms with Crippen LogP contribution in [0.4, 0.5) is 0 Å². The van der Waals surface area contributed by atoms with E-state index in [2.05, 4.69) is 15.9 Å². The van der Waals surface area contributed by atoms with E-state index in [0.29, 0.717) is 6.61 Å². The molecule has 1 heterocycles. The van der Waals surface area contributed by atoms with Gasteiger partial charge in [-0.25, -0.2) is 0 Å². The first-order valence-corrected chi connectivity index (χ1v) is 10.9. The SMILES string of the molecule is CC(=O)OCCCSc1sc(=S)sc1SCCCBr. The zero-order valence-electron chi connectivity index (χ0n) is 10.5. The Labute approximate surface area is 143 Å². The minimum atomic E-state index is -0.206. The second-order valence-electron chi connectivity index (χ2n) is 3.46. The maximum Gasteiger partial charge on any atom is 0.302 e. The quantitative estimate of drug-likeness (QED) is 0.174. The van der Waals surface area contributed by atoms with Crippen molar-refractivity contribution in [3.05, 3.63) is 3.14 Å². The lowest BCUT2D eigenvalue weighted by molar-refractivity contribution is -0.140. The summed E-state index contributed by atoms with van der Waals surface area (Å²) in [5, 5.41) is 1.04. The number of ether oxygens (including phenoxy) is 1. The van der Waals surface area contributed by atoms with E-state index in [0.717, 1.165) is 32.8 Å². The molecule has 0 unspecified atom stereocenters. The van der Waals surface area contributed by atoms with Crippen LogP contribution in [-0.4, -0.2) is 29.4 Å². The maximum atomic E-state index is 10.6. The van der Waals surface area contributed by atoms with Crippen molar-refractivity contribution in [1.82, 2.24) is 0 Å². The first-order valence-electron chi connectivity index (χ1n) is 5.72. The van der Waals surface area contributed by atoms with E-state index in [1.165, 1.54) is 15.3 Å². The summed E-state index contributed by atoms with van der Waals surface area (Å²) in [6.45, 7) is 1.94. The third-order valence-corrected chi connectivity index (χ3v) is 8.17. The molecule has 0 amide bonds.